The van der Waals surface area contributed by atoms with Crippen LogP contribution in [-0.2, 0) is 22.1 Å². The first-order valence-corrected chi connectivity index (χ1v) is 12.2. The summed E-state index contributed by atoms with van der Waals surface area (Å²) >= 11 is 0. The van der Waals surface area contributed by atoms with Crippen LogP contribution in [0.5, 0.6) is 0 Å². The van der Waals surface area contributed by atoms with Gasteiger partial charge in [-0.1, -0.05) is 19.9 Å². The maximum atomic E-state index is 14.8. The van der Waals surface area contributed by atoms with Crippen LogP contribution >= 0.6 is 0 Å². The molecule has 4 rings (SSSR count). The van der Waals surface area contributed by atoms with Gasteiger partial charge in [0.05, 0.1) is 24.8 Å². The fourth-order valence-corrected chi connectivity index (χ4v) is 4.89. The zero-order chi connectivity index (χ0) is 26.0. The molecule has 3 heterocycles. The second-order valence-electron chi connectivity index (χ2n) is 9.29. The molecule has 0 radical (unpaired) electrons. The number of hydrogen-bond donors (Lipinski definition) is 1. The fourth-order valence-electron chi connectivity index (χ4n) is 4.89. The number of hydrogen-bond acceptors (Lipinski definition) is 4. The number of likely N-dealkylation sites (tertiary alicyclic amines) is 1. The largest absolute Gasteiger partial charge is 0.416 e. The molecular formula is C26H29F4N3O3. The molecule has 1 aromatic carbocycles. The molecule has 10 heteroatoms. The van der Waals surface area contributed by atoms with Crippen molar-refractivity contribution in [2.75, 3.05) is 13.2 Å². The lowest BCUT2D eigenvalue weighted by Crippen LogP contribution is -2.52. The van der Waals surface area contributed by atoms with Crippen LogP contribution in [0.2, 0.25) is 0 Å². The van der Waals surface area contributed by atoms with Gasteiger partial charge in [-0.25, -0.2) is 4.39 Å². The van der Waals surface area contributed by atoms with Crippen molar-refractivity contribution in [2.45, 2.75) is 63.8 Å². The number of benzene rings is 1. The first-order valence-electron chi connectivity index (χ1n) is 12.2. The number of halogens is 4. The van der Waals surface area contributed by atoms with Gasteiger partial charge in [0, 0.05) is 23.7 Å². The van der Waals surface area contributed by atoms with E-state index in [2.05, 4.69) is 10.3 Å². The van der Waals surface area contributed by atoms with Crippen LogP contribution < -0.4 is 5.32 Å². The monoisotopic (exact) mass is 507 g/mol. The number of nitrogens with zero attached hydrogens (tertiary/aromatic N) is 2. The Morgan fingerprint density at radius 3 is 2.50 bits per heavy atom. The van der Waals surface area contributed by atoms with Gasteiger partial charge in [-0.2, -0.15) is 13.2 Å². The molecule has 6 nitrogen and oxygen atoms in total. The molecule has 2 aliphatic heterocycles. The Morgan fingerprint density at radius 1 is 1.17 bits per heavy atom. The van der Waals surface area contributed by atoms with Crippen LogP contribution in [0.15, 0.2) is 36.5 Å². The third-order valence-electron chi connectivity index (χ3n) is 7.06. The minimum atomic E-state index is -4.68. The molecule has 0 spiro atoms. The molecule has 1 unspecified atom stereocenters. The number of rotatable bonds is 7. The highest BCUT2D eigenvalue weighted by Crippen LogP contribution is 2.35. The molecule has 0 aliphatic carbocycles. The molecule has 2 fully saturated rings. The van der Waals surface area contributed by atoms with Gasteiger partial charge in [0.2, 0.25) is 5.91 Å². The molecule has 3 atom stereocenters. The smallest absolute Gasteiger partial charge is 0.381 e. The van der Waals surface area contributed by atoms with Gasteiger partial charge in [-0.3, -0.25) is 14.6 Å². The van der Waals surface area contributed by atoms with Gasteiger partial charge in [-0.05, 0) is 55.5 Å². The minimum Gasteiger partial charge on any atom is -0.381 e. The first-order chi connectivity index (χ1) is 17.1. The van der Waals surface area contributed by atoms with Crippen molar-refractivity contribution >= 4 is 11.8 Å². The van der Waals surface area contributed by atoms with E-state index in [4.69, 9.17) is 4.74 Å². The molecule has 1 aromatic heterocycles. The lowest BCUT2D eigenvalue weighted by atomic mass is 9.90. The third kappa shape index (κ3) is 5.23. The number of ether oxygens (including phenoxy) is 1. The van der Waals surface area contributed by atoms with E-state index in [1.165, 1.54) is 0 Å². The summed E-state index contributed by atoms with van der Waals surface area (Å²) in [6.07, 6.45) is -0.685. The summed E-state index contributed by atoms with van der Waals surface area (Å²) in [4.78, 5) is 32.7. The van der Waals surface area contributed by atoms with Crippen LogP contribution in [0.3, 0.4) is 0 Å². The zero-order valence-corrected chi connectivity index (χ0v) is 20.1. The average molecular weight is 508 g/mol. The van der Waals surface area contributed by atoms with Crippen LogP contribution in [-0.4, -0.2) is 47.0 Å². The Morgan fingerprint density at radius 2 is 1.92 bits per heavy atom. The van der Waals surface area contributed by atoms with E-state index < -0.39 is 35.5 Å². The van der Waals surface area contributed by atoms with Gasteiger partial charge in [0.25, 0.3) is 5.91 Å². The lowest BCUT2D eigenvalue weighted by molar-refractivity contribution is -0.138. The number of nitrogens with one attached hydrogen (secondary N) is 1. The molecule has 0 saturated carbocycles. The molecule has 2 aromatic rings. The second kappa shape index (κ2) is 10.5. The number of pyridine rings is 1. The molecule has 2 saturated heterocycles. The van der Waals surface area contributed by atoms with Crippen molar-refractivity contribution in [3.8, 4) is 0 Å². The van der Waals surface area contributed by atoms with E-state index in [0.717, 1.165) is 24.1 Å². The number of carbonyl (C=O) groups is 2. The molecule has 2 amide bonds. The summed E-state index contributed by atoms with van der Waals surface area (Å²) in [5.41, 5.74) is 0.0679. The maximum absolute atomic E-state index is 14.8. The van der Waals surface area contributed by atoms with Crippen molar-refractivity contribution in [3.05, 3.63) is 64.7 Å². The first kappa shape index (κ1) is 26.1. The van der Waals surface area contributed by atoms with Crippen molar-refractivity contribution < 1.29 is 31.9 Å². The Balaban J connectivity index is 1.59. The lowest BCUT2D eigenvalue weighted by Gasteiger charge is -2.36. The van der Waals surface area contributed by atoms with Crippen molar-refractivity contribution in [1.29, 1.82) is 0 Å². The highest BCUT2D eigenvalue weighted by atomic mass is 19.4. The van der Waals surface area contributed by atoms with E-state index in [0.29, 0.717) is 25.3 Å². The third-order valence-corrected chi connectivity index (χ3v) is 7.06. The summed E-state index contributed by atoms with van der Waals surface area (Å²) in [6.45, 7) is 4.39. The molecule has 194 valence electrons. The standard InChI is InChI=1S/C26H29F4N3O3/c1-3-15-9-10-31-21(11-15)25(35)33-18(4-2)6-8-22(33)24(34)32-23(16-13-36-14-16)19-7-5-17(12-20(19)27)26(28,29)30/h5,7,9-12,16,18,22-23H,3-4,6,8,13-14H2,1-2H3,(H,32,34)/t18-,22-,23?/m1/s1. The number of carbonyl (C=O) groups excluding carboxylic acids is 2. The van der Waals surface area contributed by atoms with Crippen LogP contribution in [0, 0.1) is 11.7 Å². The van der Waals surface area contributed by atoms with Crippen molar-refractivity contribution in [1.82, 2.24) is 15.2 Å². The quantitative estimate of drug-likeness (QED) is 0.552. The summed E-state index contributed by atoms with van der Waals surface area (Å²) in [5.74, 6) is -2.16. The number of alkyl halides is 3. The van der Waals surface area contributed by atoms with Gasteiger partial charge in [-0.15, -0.1) is 0 Å². The fraction of sp³-hybridized carbons (Fsp3) is 0.500. The van der Waals surface area contributed by atoms with Gasteiger partial charge < -0.3 is 15.0 Å². The SMILES string of the molecule is CCc1ccnc(C(=O)N2[C@H](CC)CC[C@@H]2C(=O)NC(c2ccc(C(F)(F)F)cc2F)C2COC2)c1. The van der Waals surface area contributed by atoms with E-state index in [1.54, 1.807) is 17.2 Å². The maximum Gasteiger partial charge on any atom is 0.416 e. The molecule has 0 bridgehead atoms. The topological polar surface area (TPSA) is 71.5 Å². The molecule has 1 N–H and O–H groups in total. The predicted molar refractivity (Wildman–Crippen MR) is 123 cm³/mol. The Kier molecular flexibility index (Phi) is 7.63. The second-order valence-corrected chi connectivity index (χ2v) is 9.29. The van der Waals surface area contributed by atoms with E-state index in [-0.39, 0.29) is 42.3 Å². The number of aromatic nitrogens is 1. The van der Waals surface area contributed by atoms with Crippen LogP contribution in [0.25, 0.3) is 0 Å². The normalized spacial score (nSPS) is 21.2. The minimum absolute atomic E-state index is 0.0371. The van der Waals surface area contributed by atoms with E-state index >= 15 is 0 Å². The summed E-state index contributed by atoms with van der Waals surface area (Å²) in [5, 5.41) is 2.83. The van der Waals surface area contributed by atoms with Crippen molar-refractivity contribution in [2.24, 2.45) is 5.92 Å². The molecular weight excluding hydrogens is 478 g/mol. The molecule has 36 heavy (non-hydrogen) atoms. The predicted octanol–water partition coefficient (Wildman–Crippen LogP) is 4.69. The van der Waals surface area contributed by atoms with Crippen molar-refractivity contribution in [3.63, 3.8) is 0 Å². The Hall–Kier alpha value is -3.01. The summed E-state index contributed by atoms with van der Waals surface area (Å²) in [7, 11) is 0. The number of aryl methyl sites for hydroxylation is 1. The summed E-state index contributed by atoms with van der Waals surface area (Å²) < 4.78 is 59.1. The van der Waals surface area contributed by atoms with Crippen LogP contribution in [0.1, 0.15) is 66.3 Å². The van der Waals surface area contributed by atoms with Gasteiger partial charge in [0.1, 0.15) is 17.6 Å². The van der Waals surface area contributed by atoms with Gasteiger partial charge >= 0.3 is 6.18 Å². The highest BCUT2D eigenvalue weighted by Gasteiger charge is 2.43. The van der Waals surface area contributed by atoms with E-state index in [9.17, 15) is 27.2 Å². The van der Waals surface area contributed by atoms with E-state index in [1.807, 2.05) is 19.9 Å². The average Bonchev–Trinajstić information content (AvgIpc) is 3.25. The Labute approximate surface area is 207 Å². The summed E-state index contributed by atoms with van der Waals surface area (Å²) in [6, 6.07) is 4.02. The highest BCUT2D eigenvalue weighted by molar-refractivity contribution is 5.97. The number of amides is 2. The Bertz CT molecular complexity index is 1120. The van der Waals surface area contributed by atoms with Crippen LogP contribution in [0.4, 0.5) is 17.6 Å². The zero-order valence-electron chi connectivity index (χ0n) is 20.1. The molecule has 2 aliphatic rings. The van der Waals surface area contributed by atoms with Gasteiger partial charge in [0.15, 0.2) is 0 Å².